The second-order valence-corrected chi connectivity index (χ2v) is 6.61. The van der Waals surface area contributed by atoms with Gasteiger partial charge in [0.2, 0.25) is 0 Å². The van der Waals surface area contributed by atoms with E-state index >= 15 is 0 Å². The molecule has 126 valence electrons. The third kappa shape index (κ3) is 4.00. The molecule has 2 aromatic rings. The number of nitrogens with zero attached hydrogens (tertiary/aromatic N) is 2. The van der Waals surface area contributed by atoms with Gasteiger partial charge in [-0.1, -0.05) is 61.5 Å². The van der Waals surface area contributed by atoms with E-state index in [1.165, 1.54) is 16.9 Å². The predicted molar refractivity (Wildman–Crippen MR) is 103 cm³/mol. The lowest BCUT2D eigenvalue weighted by Crippen LogP contribution is -2.46. The fraction of sp³-hybridized carbons (Fsp3) is 0.364. The second kappa shape index (κ2) is 8.05. The van der Waals surface area contributed by atoms with Crippen LogP contribution >= 0.6 is 0 Å². The molecule has 0 N–H and O–H groups in total. The van der Waals surface area contributed by atoms with Crippen molar-refractivity contribution in [2.24, 2.45) is 5.92 Å². The van der Waals surface area contributed by atoms with Gasteiger partial charge in [0.05, 0.1) is 0 Å². The average Bonchev–Trinajstić information content (AvgIpc) is 2.64. The summed E-state index contributed by atoms with van der Waals surface area (Å²) in [5, 5.41) is 0. The molecular formula is C22H28N2. The number of benzene rings is 2. The minimum Gasteiger partial charge on any atom is -0.371 e. The van der Waals surface area contributed by atoms with Crippen LogP contribution in [-0.4, -0.2) is 31.1 Å². The van der Waals surface area contributed by atoms with E-state index in [0.717, 1.165) is 32.6 Å². The van der Waals surface area contributed by atoms with Gasteiger partial charge in [0.1, 0.15) is 0 Å². The van der Waals surface area contributed by atoms with E-state index in [1.54, 1.807) is 0 Å². The Morgan fingerprint density at radius 3 is 2.08 bits per heavy atom. The molecule has 0 radical (unpaired) electrons. The first-order valence-electron chi connectivity index (χ1n) is 9.03. The van der Waals surface area contributed by atoms with E-state index < -0.39 is 0 Å². The minimum absolute atomic E-state index is 0.556. The van der Waals surface area contributed by atoms with Gasteiger partial charge >= 0.3 is 0 Å². The number of rotatable bonds is 5. The molecular weight excluding hydrogens is 292 g/mol. The van der Waals surface area contributed by atoms with Crippen LogP contribution in [0.25, 0.3) is 0 Å². The molecule has 1 heterocycles. The van der Waals surface area contributed by atoms with Crippen LogP contribution in [0.15, 0.2) is 72.4 Å². The summed E-state index contributed by atoms with van der Waals surface area (Å²) >= 11 is 0. The van der Waals surface area contributed by atoms with E-state index in [0.29, 0.717) is 5.92 Å². The molecule has 2 aromatic carbocycles. The molecule has 2 heteroatoms. The van der Waals surface area contributed by atoms with Crippen LogP contribution in [0.2, 0.25) is 0 Å². The Kier molecular flexibility index (Phi) is 5.58. The van der Waals surface area contributed by atoms with Crippen LogP contribution in [-0.2, 0) is 6.42 Å². The molecule has 0 saturated carbocycles. The van der Waals surface area contributed by atoms with Crippen molar-refractivity contribution < 1.29 is 0 Å². The third-order valence-corrected chi connectivity index (χ3v) is 4.95. The Labute approximate surface area is 146 Å². The summed E-state index contributed by atoms with van der Waals surface area (Å²) in [6.45, 7) is 8.94. The molecule has 1 fully saturated rings. The fourth-order valence-electron chi connectivity index (χ4n) is 3.71. The van der Waals surface area contributed by atoms with Crippen molar-refractivity contribution in [2.45, 2.75) is 20.3 Å². The summed E-state index contributed by atoms with van der Waals surface area (Å²) in [4.78, 5) is 5.07. The molecule has 0 bridgehead atoms. The predicted octanol–water partition coefficient (Wildman–Crippen LogP) is 4.59. The van der Waals surface area contributed by atoms with Crippen LogP contribution in [0.3, 0.4) is 0 Å². The molecule has 2 nitrogen and oxygen atoms in total. The second-order valence-electron chi connectivity index (χ2n) is 6.61. The van der Waals surface area contributed by atoms with Crippen molar-refractivity contribution in [2.75, 3.05) is 31.1 Å². The van der Waals surface area contributed by atoms with Crippen molar-refractivity contribution in [1.82, 2.24) is 4.90 Å². The van der Waals surface area contributed by atoms with Gasteiger partial charge < -0.3 is 9.80 Å². The van der Waals surface area contributed by atoms with Gasteiger partial charge in [0.25, 0.3) is 0 Å². The van der Waals surface area contributed by atoms with Crippen LogP contribution in [0.5, 0.6) is 0 Å². The highest BCUT2D eigenvalue weighted by atomic mass is 15.3. The largest absolute Gasteiger partial charge is 0.371 e. The minimum atomic E-state index is 0.556. The lowest BCUT2D eigenvalue weighted by atomic mass is 9.96. The molecule has 0 spiro atoms. The van der Waals surface area contributed by atoms with Gasteiger partial charge in [-0.25, -0.2) is 0 Å². The first-order valence-corrected chi connectivity index (χ1v) is 9.03. The summed E-state index contributed by atoms with van der Waals surface area (Å²) in [5.74, 6) is 0.556. The quantitative estimate of drug-likeness (QED) is 0.795. The highest BCUT2D eigenvalue weighted by molar-refractivity contribution is 5.46. The fourth-order valence-corrected chi connectivity index (χ4v) is 3.71. The normalized spacial score (nSPS) is 17.0. The van der Waals surface area contributed by atoms with E-state index in [2.05, 4.69) is 90.4 Å². The Morgan fingerprint density at radius 1 is 0.917 bits per heavy atom. The maximum Gasteiger partial charge on any atom is 0.0367 e. The maximum atomic E-state index is 2.58. The lowest BCUT2D eigenvalue weighted by Gasteiger charge is -2.40. The molecule has 1 saturated heterocycles. The Balaban J connectivity index is 1.59. The zero-order valence-electron chi connectivity index (χ0n) is 14.9. The molecule has 0 aliphatic carbocycles. The van der Waals surface area contributed by atoms with E-state index in [1.807, 2.05) is 0 Å². The SMILES string of the molecule is CC=C(C(C)Cc1ccccc1)N1CCN(c2ccccc2)CC1. The summed E-state index contributed by atoms with van der Waals surface area (Å²) in [6.07, 6.45) is 3.42. The molecule has 1 aliphatic rings. The number of piperazine rings is 1. The van der Waals surface area contributed by atoms with Crippen LogP contribution in [0, 0.1) is 5.92 Å². The summed E-state index contributed by atoms with van der Waals surface area (Å²) < 4.78 is 0. The third-order valence-electron chi connectivity index (χ3n) is 4.95. The van der Waals surface area contributed by atoms with Crippen molar-refractivity contribution >= 4 is 5.69 Å². The first kappa shape index (κ1) is 16.6. The monoisotopic (exact) mass is 320 g/mol. The van der Waals surface area contributed by atoms with Crippen molar-refractivity contribution in [3.05, 3.63) is 78.0 Å². The van der Waals surface area contributed by atoms with Crippen LogP contribution in [0.1, 0.15) is 19.4 Å². The summed E-state index contributed by atoms with van der Waals surface area (Å²) in [7, 11) is 0. The smallest absolute Gasteiger partial charge is 0.0367 e. The van der Waals surface area contributed by atoms with Crippen LogP contribution < -0.4 is 4.90 Å². The summed E-state index contributed by atoms with van der Waals surface area (Å²) in [5.41, 5.74) is 4.26. The number of anilines is 1. The van der Waals surface area contributed by atoms with Gasteiger partial charge in [-0.2, -0.15) is 0 Å². The summed E-state index contributed by atoms with van der Waals surface area (Å²) in [6, 6.07) is 21.6. The highest BCUT2D eigenvalue weighted by Gasteiger charge is 2.21. The molecule has 1 atom stereocenters. The molecule has 0 aromatic heterocycles. The zero-order chi connectivity index (χ0) is 16.8. The van der Waals surface area contributed by atoms with Crippen LogP contribution in [0.4, 0.5) is 5.69 Å². The van der Waals surface area contributed by atoms with Gasteiger partial charge in [-0.15, -0.1) is 0 Å². The van der Waals surface area contributed by atoms with Crippen molar-refractivity contribution in [3.8, 4) is 0 Å². The van der Waals surface area contributed by atoms with Gasteiger partial charge in [-0.05, 0) is 37.0 Å². The van der Waals surface area contributed by atoms with Gasteiger partial charge in [-0.3, -0.25) is 0 Å². The Bertz CT molecular complexity index is 640. The first-order chi connectivity index (χ1) is 11.8. The van der Waals surface area contributed by atoms with E-state index in [9.17, 15) is 0 Å². The lowest BCUT2D eigenvalue weighted by molar-refractivity contribution is 0.288. The topological polar surface area (TPSA) is 6.48 Å². The Hall–Kier alpha value is -2.22. The number of para-hydroxylation sites is 1. The van der Waals surface area contributed by atoms with Gasteiger partial charge in [0.15, 0.2) is 0 Å². The number of allylic oxidation sites excluding steroid dienone is 2. The molecule has 1 aliphatic heterocycles. The molecule has 1 unspecified atom stereocenters. The zero-order valence-corrected chi connectivity index (χ0v) is 14.9. The van der Waals surface area contributed by atoms with E-state index in [-0.39, 0.29) is 0 Å². The maximum absolute atomic E-state index is 2.58. The average molecular weight is 320 g/mol. The standard InChI is InChI=1S/C22H28N2/c1-3-22(19(2)18-20-10-6-4-7-11-20)24-16-14-23(15-17-24)21-12-8-5-9-13-21/h3-13,19H,14-18H2,1-2H3. The van der Waals surface area contributed by atoms with Crippen molar-refractivity contribution in [3.63, 3.8) is 0 Å². The number of hydrogen-bond donors (Lipinski definition) is 0. The molecule has 24 heavy (non-hydrogen) atoms. The number of hydrogen-bond acceptors (Lipinski definition) is 2. The molecule has 3 rings (SSSR count). The van der Waals surface area contributed by atoms with E-state index in [4.69, 9.17) is 0 Å². The molecule has 0 amide bonds. The highest BCUT2D eigenvalue weighted by Crippen LogP contribution is 2.23. The van der Waals surface area contributed by atoms with Crippen molar-refractivity contribution in [1.29, 1.82) is 0 Å². The van der Waals surface area contributed by atoms with Gasteiger partial charge in [0, 0.05) is 37.6 Å². The Morgan fingerprint density at radius 2 is 1.50 bits per heavy atom.